The van der Waals surface area contributed by atoms with Crippen LogP contribution in [0.15, 0.2) is 42.0 Å². The average molecular weight is 272 g/mol. The van der Waals surface area contributed by atoms with Crippen LogP contribution in [-0.4, -0.2) is 5.91 Å². The number of nitrogens with two attached hydrogens (primary N) is 1. The van der Waals surface area contributed by atoms with Gasteiger partial charge in [-0.25, -0.2) is 4.39 Å². The summed E-state index contributed by atoms with van der Waals surface area (Å²) in [6.07, 6.45) is 1.40. The highest BCUT2D eigenvalue weighted by atomic mass is 32.1. The van der Waals surface area contributed by atoms with E-state index >= 15 is 0 Å². The van der Waals surface area contributed by atoms with Gasteiger partial charge in [-0.3, -0.25) is 4.79 Å². The number of nitrogens with zero attached hydrogens (tertiary/aromatic N) is 1. The fraction of sp³-hybridized carbons (Fsp3) is 0. The number of hydrogen-bond acceptors (Lipinski definition) is 3. The highest BCUT2D eigenvalue weighted by molar-refractivity contribution is 7.16. The number of thiophene rings is 1. The number of halogens is 1. The van der Waals surface area contributed by atoms with Gasteiger partial charge in [0.05, 0.1) is 0 Å². The summed E-state index contributed by atoms with van der Waals surface area (Å²) in [6.45, 7) is 0. The number of rotatable bonds is 3. The van der Waals surface area contributed by atoms with E-state index in [1.807, 2.05) is 0 Å². The predicted molar refractivity (Wildman–Crippen MR) is 72.5 cm³/mol. The van der Waals surface area contributed by atoms with Crippen LogP contribution in [0.2, 0.25) is 0 Å². The smallest absolute Gasteiger partial charge is 0.259 e. The van der Waals surface area contributed by atoms with Crippen LogP contribution < -0.4 is 5.73 Å². The molecule has 3 nitrogen and oxygen atoms in total. The average Bonchev–Trinajstić information content (AvgIpc) is 2.84. The zero-order valence-corrected chi connectivity index (χ0v) is 10.6. The normalized spacial score (nSPS) is 11.1. The van der Waals surface area contributed by atoms with E-state index in [1.54, 1.807) is 36.4 Å². The van der Waals surface area contributed by atoms with Crippen molar-refractivity contribution in [2.24, 2.45) is 5.73 Å². The van der Waals surface area contributed by atoms with Gasteiger partial charge in [0.15, 0.2) is 0 Å². The molecular weight excluding hydrogens is 263 g/mol. The lowest BCUT2D eigenvalue weighted by molar-refractivity contribution is -0.114. The number of amides is 1. The number of carbonyl (C=O) groups is 1. The van der Waals surface area contributed by atoms with Gasteiger partial charge in [0.25, 0.3) is 5.91 Å². The van der Waals surface area contributed by atoms with Crippen molar-refractivity contribution in [3.05, 3.63) is 52.7 Å². The maximum absolute atomic E-state index is 13.6. The fourth-order valence-electron chi connectivity index (χ4n) is 1.54. The zero-order valence-electron chi connectivity index (χ0n) is 9.76. The molecule has 2 N–H and O–H groups in total. The molecule has 5 heteroatoms. The number of primary amides is 1. The maximum atomic E-state index is 13.6. The highest BCUT2D eigenvalue weighted by Crippen LogP contribution is 2.30. The molecule has 1 aromatic heterocycles. The number of benzene rings is 1. The topological polar surface area (TPSA) is 66.9 Å². The van der Waals surface area contributed by atoms with Crippen molar-refractivity contribution in [3.63, 3.8) is 0 Å². The molecule has 1 aromatic carbocycles. The van der Waals surface area contributed by atoms with Gasteiger partial charge in [-0.1, -0.05) is 18.2 Å². The first kappa shape index (κ1) is 13.0. The molecule has 0 saturated carbocycles. The number of carbonyl (C=O) groups excluding carboxylic acids is 1. The van der Waals surface area contributed by atoms with Gasteiger partial charge in [0.2, 0.25) is 0 Å². The Bertz CT molecular complexity index is 697. The summed E-state index contributed by atoms with van der Waals surface area (Å²) >= 11 is 1.29. The SMILES string of the molecule is N#C/C(=C\c1ccc(-c2ccccc2F)s1)C(N)=O. The third kappa shape index (κ3) is 2.87. The van der Waals surface area contributed by atoms with Gasteiger partial charge in [0, 0.05) is 15.3 Å². The number of hydrogen-bond donors (Lipinski definition) is 1. The van der Waals surface area contributed by atoms with E-state index in [0.29, 0.717) is 10.4 Å². The van der Waals surface area contributed by atoms with E-state index in [1.165, 1.54) is 23.5 Å². The maximum Gasteiger partial charge on any atom is 0.259 e. The van der Waals surface area contributed by atoms with Gasteiger partial charge >= 0.3 is 0 Å². The van der Waals surface area contributed by atoms with Crippen LogP contribution in [0.25, 0.3) is 16.5 Å². The van der Waals surface area contributed by atoms with Crippen LogP contribution in [0, 0.1) is 17.1 Å². The Morgan fingerprint density at radius 3 is 2.68 bits per heavy atom. The summed E-state index contributed by atoms with van der Waals surface area (Å²) in [5.41, 5.74) is 5.42. The van der Waals surface area contributed by atoms with Crippen molar-refractivity contribution in [1.82, 2.24) is 0 Å². The second kappa shape index (κ2) is 5.46. The lowest BCUT2D eigenvalue weighted by atomic mass is 10.2. The van der Waals surface area contributed by atoms with Crippen LogP contribution in [0.5, 0.6) is 0 Å². The van der Waals surface area contributed by atoms with Gasteiger partial charge in [-0.2, -0.15) is 5.26 Å². The molecule has 2 aromatic rings. The molecule has 2 rings (SSSR count). The van der Waals surface area contributed by atoms with Gasteiger partial charge in [-0.15, -0.1) is 11.3 Å². The molecule has 0 spiro atoms. The predicted octanol–water partition coefficient (Wildman–Crippen LogP) is 2.95. The molecule has 0 aliphatic rings. The van der Waals surface area contributed by atoms with Crippen LogP contribution >= 0.6 is 11.3 Å². The van der Waals surface area contributed by atoms with Crippen LogP contribution in [0.4, 0.5) is 4.39 Å². The molecule has 1 amide bonds. The summed E-state index contributed by atoms with van der Waals surface area (Å²) in [4.78, 5) is 12.3. The Morgan fingerprint density at radius 1 is 1.32 bits per heavy atom. The van der Waals surface area contributed by atoms with Crippen molar-refractivity contribution in [2.75, 3.05) is 0 Å². The van der Waals surface area contributed by atoms with E-state index in [4.69, 9.17) is 11.0 Å². The molecule has 0 bridgehead atoms. The lowest BCUT2D eigenvalue weighted by Gasteiger charge is -1.97. The van der Waals surface area contributed by atoms with Gasteiger partial charge < -0.3 is 5.73 Å². The van der Waals surface area contributed by atoms with Crippen molar-refractivity contribution < 1.29 is 9.18 Å². The van der Waals surface area contributed by atoms with E-state index in [2.05, 4.69) is 0 Å². The van der Waals surface area contributed by atoms with Crippen LogP contribution in [0.3, 0.4) is 0 Å². The van der Waals surface area contributed by atoms with E-state index < -0.39 is 5.91 Å². The third-order valence-corrected chi connectivity index (χ3v) is 3.50. The Kier molecular flexibility index (Phi) is 3.74. The Labute approximate surface area is 113 Å². The molecule has 0 fully saturated rings. The first-order valence-electron chi connectivity index (χ1n) is 5.38. The highest BCUT2D eigenvalue weighted by Gasteiger charge is 2.08. The van der Waals surface area contributed by atoms with E-state index in [9.17, 15) is 9.18 Å². The molecule has 1 heterocycles. The molecule has 0 aliphatic carbocycles. The second-order valence-corrected chi connectivity index (χ2v) is 4.83. The molecular formula is C14H9FN2OS. The summed E-state index contributed by atoms with van der Waals surface area (Å²) in [5.74, 6) is -1.08. The molecule has 0 unspecified atom stereocenters. The van der Waals surface area contributed by atoms with Crippen molar-refractivity contribution >= 4 is 23.3 Å². The zero-order chi connectivity index (χ0) is 13.8. The Hall–Kier alpha value is -2.45. The third-order valence-electron chi connectivity index (χ3n) is 2.44. The van der Waals surface area contributed by atoms with Crippen LogP contribution in [0.1, 0.15) is 4.88 Å². The Balaban J connectivity index is 2.38. The molecule has 0 aliphatic heterocycles. The minimum Gasteiger partial charge on any atom is -0.365 e. The summed E-state index contributed by atoms with van der Waals surface area (Å²) in [7, 11) is 0. The molecule has 19 heavy (non-hydrogen) atoms. The van der Waals surface area contributed by atoms with Crippen molar-refractivity contribution in [3.8, 4) is 16.5 Å². The quantitative estimate of drug-likeness (QED) is 0.689. The van der Waals surface area contributed by atoms with E-state index in [0.717, 1.165) is 4.88 Å². The first-order chi connectivity index (χ1) is 9.11. The summed E-state index contributed by atoms with van der Waals surface area (Å²) in [6, 6.07) is 11.6. The van der Waals surface area contributed by atoms with Gasteiger partial charge in [-0.05, 0) is 24.3 Å². The summed E-state index contributed by atoms with van der Waals surface area (Å²) in [5, 5.41) is 8.75. The fourth-order valence-corrected chi connectivity index (χ4v) is 2.52. The van der Waals surface area contributed by atoms with Gasteiger partial charge in [0.1, 0.15) is 17.5 Å². The molecule has 0 saturated heterocycles. The summed E-state index contributed by atoms with van der Waals surface area (Å²) < 4.78 is 13.6. The molecule has 94 valence electrons. The lowest BCUT2D eigenvalue weighted by Crippen LogP contribution is -2.12. The second-order valence-electron chi connectivity index (χ2n) is 3.72. The molecule has 0 atom stereocenters. The molecule has 0 radical (unpaired) electrons. The van der Waals surface area contributed by atoms with Crippen molar-refractivity contribution in [1.29, 1.82) is 5.26 Å². The first-order valence-corrected chi connectivity index (χ1v) is 6.20. The standard InChI is InChI=1S/C14H9FN2OS/c15-12-4-2-1-3-11(12)13-6-5-10(19-13)7-9(8-16)14(17)18/h1-7H,(H2,17,18)/b9-7+. The minimum absolute atomic E-state index is 0.123. The van der Waals surface area contributed by atoms with Crippen molar-refractivity contribution in [2.45, 2.75) is 0 Å². The van der Waals surface area contributed by atoms with Crippen LogP contribution in [-0.2, 0) is 4.79 Å². The Morgan fingerprint density at radius 2 is 2.05 bits per heavy atom. The minimum atomic E-state index is -0.775. The largest absolute Gasteiger partial charge is 0.365 e. The monoisotopic (exact) mass is 272 g/mol. The van der Waals surface area contributed by atoms with E-state index in [-0.39, 0.29) is 11.4 Å². The number of nitriles is 1.